The highest BCUT2D eigenvalue weighted by atomic mass is 31.2. The second-order valence-corrected chi connectivity index (χ2v) is 13.4. The number of carbonyl (C=O) groups is 1. The summed E-state index contributed by atoms with van der Waals surface area (Å²) in [5, 5.41) is 14.5. The van der Waals surface area contributed by atoms with Crippen molar-refractivity contribution in [3.05, 3.63) is 62.7 Å². The van der Waals surface area contributed by atoms with Gasteiger partial charge in [-0.2, -0.15) is 4.98 Å². The van der Waals surface area contributed by atoms with Crippen molar-refractivity contribution in [2.45, 2.75) is 112 Å². The first-order chi connectivity index (χ1) is 19.6. The van der Waals surface area contributed by atoms with Crippen molar-refractivity contribution in [2.24, 2.45) is 5.41 Å². The van der Waals surface area contributed by atoms with Crippen LogP contribution in [0.25, 0.3) is 0 Å². The van der Waals surface area contributed by atoms with E-state index in [2.05, 4.69) is 42.7 Å². The number of nitro benzene ring substituents is 1. The number of para-hydroxylation sites is 1. The lowest BCUT2D eigenvalue weighted by molar-refractivity contribution is -0.386. The highest BCUT2D eigenvalue weighted by Crippen LogP contribution is 2.56. The topological polar surface area (TPSA) is 138 Å². The third-order valence-electron chi connectivity index (χ3n) is 6.90. The predicted molar refractivity (Wildman–Crippen MR) is 162 cm³/mol. The first-order valence-electron chi connectivity index (χ1n) is 14.3. The van der Waals surface area contributed by atoms with Crippen molar-refractivity contribution in [3.8, 4) is 0 Å². The molecule has 0 radical (unpaired) electrons. The molecule has 12 nitrogen and oxygen atoms in total. The van der Waals surface area contributed by atoms with Crippen molar-refractivity contribution in [2.75, 3.05) is 5.32 Å². The summed E-state index contributed by atoms with van der Waals surface area (Å²) in [6, 6.07) is 8.32. The lowest BCUT2D eigenvalue weighted by Gasteiger charge is -2.41. The molecule has 1 aliphatic heterocycles. The van der Waals surface area contributed by atoms with Crippen LogP contribution in [-0.2, 0) is 18.6 Å². The molecule has 2 aromatic rings. The van der Waals surface area contributed by atoms with E-state index < -0.39 is 38.1 Å². The number of ether oxygens (including phenoxy) is 1. The highest BCUT2D eigenvalue weighted by molar-refractivity contribution is 7.44. The van der Waals surface area contributed by atoms with Gasteiger partial charge in [0, 0.05) is 37.7 Å². The molecule has 2 heterocycles. The third kappa shape index (κ3) is 8.20. The van der Waals surface area contributed by atoms with Crippen molar-refractivity contribution >= 4 is 25.9 Å². The average molecular weight is 606 g/mol. The number of carbonyl (C=O) groups excluding carboxylic acids is 1. The molecule has 13 heteroatoms. The number of rotatable bonds is 12. The van der Waals surface area contributed by atoms with Gasteiger partial charge < -0.3 is 19.1 Å². The van der Waals surface area contributed by atoms with Crippen LogP contribution in [0.4, 0.5) is 11.5 Å². The van der Waals surface area contributed by atoms with Gasteiger partial charge in [0.05, 0.1) is 22.7 Å². The number of benzene rings is 1. The molecule has 0 bridgehead atoms. The van der Waals surface area contributed by atoms with E-state index in [0.717, 1.165) is 0 Å². The molecule has 1 N–H and O–H groups in total. The lowest BCUT2D eigenvalue weighted by Crippen LogP contribution is -2.37. The highest BCUT2D eigenvalue weighted by Gasteiger charge is 2.43. The Labute approximate surface area is 248 Å². The van der Waals surface area contributed by atoms with E-state index in [4.69, 9.17) is 13.8 Å². The van der Waals surface area contributed by atoms with Gasteiger partial charge in [0.25, 0.3) is 14.2 Å². The summed E-state index contributed by atoms with van der Waals surface area (Å²) in [5.41, 5.74) is -0.555. The van der Waals surface area contributed by atoms with Crippen LogP contribution in [0.1, 0.15) is 93.1 Å². The summed E-state index contributed by atoms with van der Waals surface area (Å²) in [4.78, 5) is 39.7. The molecule has 1 aliphatic rings. The molecule has 5 atom stereocenters. The zero-order chi connectivity index (χ0) is 31.4. The van der Waals surface area contributed by atoms with Crippen molar-refractivity contribution in [1.29, 1.82) is 0 Å². The molecule has 1 aromatic carbocycles. The summed E-state index contributed by atoms with van der Waals surface area (Å²) < 4.78 is 23.5. The maximum Gasteiger partial charge on any atom is 0.351 e. The number of aromatic nitrogens is 2. The number of anilines is 1. The Hall–Kier alpha value is -2.76. The number of hydrogen-bond acceptors (Lipinski definition) is 9. The fourth-order valence-corrected chi connectivity index (χ4v) is 7.18. The van der Waals surface area contributed by atoms with E-state index in [9.17, 15) is 19.7 Å². The van der Waals surface area contributed by atoms with Gasteiger partial charge in [-0.15, -0.1) is 0 Å². The van der Waals surface area contributed by atoms with E-state index in [1.54, 1.807) is 30.5 Å². The minimum absolute atomic E-state index is 0.00157. The Morgan fingerprint density at radius 3 is 2.40 bits per heavy atom. The monoisotopic (exact) mass is 605 g/mol. The van der Waals surface area contributed by atoms with E-state index >= 15 is 0 Å². The lowest BCUT2D eigenvalue weighted by atomic mass is 9.84. The zero-order valence-electron chi connectivity index (χ0n) is 25.9. The smallest absolute Gasteiger partial charge is 0.351 e. The molecule has 42 heavy (non-hydrogen) atoms. The predicted octanol–water partition coefficient (Wildman–Crippen LogP) is 6.34. The molecule has 1 amide bonds. The number of nitrogens with one attached hydrogen (secondary N) is 1. The maximum absolute atomic E-state index is 12.8. The fourth-order valence-electron chi connectivity index (χ4n) is 5.10. The molecule has 0 aliphatic carbocycles. The summed E-state index contributed by atoms with van der Waals surface area (Å²) in [5.74, 6) is -0.148. The van der Waals surface area contributed by atoms with E-state index in [1.807, 2.05) is 27.7 Å². The minimum atomic E-state index is -1.74. The second kappa shape index (κ2) is 14.1. The Morgan fingerprint density at radius 1 is 1.24 bits per heavy atom. The van der Waals surface area contributed by atoms with Gasteiger partial charge >= 0.3 is 5.69 Å². The SMILES string of the molecule is CC[C@H]1O[C@@H](n2ccc(NC(C)=O)nc2=O)CC1OP(OC(c1ccccc1[N+](=O)[O-])C(C)(C)C)N(C(C)C)C(C)C. The van der Waals surface area contributed by atoms with Crippen LogP contribution in [0.5, 0.6) is 0 Å². The minimum Gasteiger partial charge on any atom is -0.352 e. The van der Waals surface area contributed by atoms with Crippen LogP contribution < -0.4 is 11.0 Å². The average Bonchev–Trinajstić information content (AvgIpc) is 3.28. The second-order valence-electron chi connectivity index (χ2n) is 12.1. The molecule has 3 rings (SSSR count). The third-order valence-corrected chi connectivity index (χ3v) is 9.04. The molecule has 0 spiro atoms. The summed E-state index contributed by atoms with van der Waals surface area (Å²) in [6.07, 6.45) is 0.549. The Balaban J connectivity index is 1.97. The first kappa shape index (κ1) is 33.7. The van der Waals surface area contributed by atoms with Crippen molar-refractivity contribution in [3.63, 3.8) is 0 Å². The largest absolute Gasteiger partial charge is 0.352 e. The standard InChI is InChI=1S/C29H44N5O7P/c1-10-23-24(17-26(39-23)32-16-15-25(30-20(6)35)31-28(32)36)40-42(33(18(2)3)19(4)5)41-27(29(7,8)9)21-13-11-12-14-22(21)34(37)38/h11-16,18-19,23-24,26-27H,10,17H2,1-9H3,(H,30,31,35,36)/t23-,24?,26-,27?,42?/m1/s1. The molecular formula is C29H44N5O7P. The number of hydrogen-bond donors (Lipinski definition) is 1. The van der Waals surface area contributed by atoms with E-state index in [0.29, 0.717) is 18.4 Å². The number of nitro groups is 1. The van der Waals surface area contributed by atoms with Crippen molar-refractivity contribution < 1.29 is 23.5 Å². The fraction of sp³-hybridized carbons (Fsp3) is 0.621. The van der Waals surface area contributed by atoms with E-state index in [1.165, 1.54) is 17.6 Å². The van der Waals surface area contributed by atoms with Crippen LogP contribution in [0.3, 0.4) is 0 Å². The molecule has 1 fully saturated rings. The van der Waals surface area contributed by atoms with Crippen LogP contribution in [0, 0.1) is 15.5 Å². The van der Waals surface area contributed by atoms with Crippen LogP contribution >= 0.6 is 8.53 Å². The molecule has 1 aromatic heterocycles. The van der Waals surface area contributed by atoms with Crippen LogP contribution in [0.15, 0.2) is 41.3 Å². The van der Waals surface area contributed by atoms with E-state index in [-0.39, 0.29) is 40.5 Å². The Morgan fingerprint density at radius 2 is 1.88 bits per heavy atom. The molecule has 1 saturated heterocycles. The number of amides is 1. The molecule has 232 valence electrons. The number of nitrogens with zero attached hydrogens (tertiary/aromatic N) is 4. The molecule has 0 saturated carbocycles. The summed E-state index contributed by atoms with van der Waals surface area (Å²) in [6.45, 7) is 17.6. The van der Waals surface area contributed by atoms with Gasteiger partial charge in [0.15, 0.2) is 0 Å². The van der Waals surface area contributed by atoms with Gasteiger partial charge in [0.2, 0.25) is 5.91 Å². The van der Waals surface area contributed by atoms with Gasteiger partial charge in [-0.25, -0.2) is 9.46 Å². The quantitative estimate of drug-likeness (QED) is 0.167. The van der Waals surface area contributed by atoms with Crippen LogP contribution in [0.2, 0.25) is 0 Å². The van der Waals surface area contributed by atoms with Crippen molar-refractivity contribution in [1.82, 2.24) is 14.2 Å². The maximum atomic E-state index is 12.8. The van der Waals surface area contributed by atoms with Gasteiger partial charge in [0.1, 0.15) is 18.1 Å². The normalized spacial score (nSPS) is 20.7. The first-order valence-corrected chi connectivity index (χ1v) is 15.4. The molecule has 3 unspecified atom stereocenters. The van der Waals surface area contributed by atoms with Crippen LogP contribution in [-0.4, -0.2) is 49.3 Å². The summed E-state index contributed by atoms with van der Waals surface area (Å²) in [7, 11) is -1.74. The van der Waals surface area contributed by atoms with Gasteiger partial charge in [-0.3, -0.25) is 19.5 Å². The van der Waals surface area contributed by atoms with Gasteiger partial charge in [-0.1, -0.05) is 39.8 Å². The summed E-state index contributed by atoms with van der Waals surface area (Å²) >= 11 is 0. The molecular weight excluding hydrogens is 561 g/mol. The Bertz CT molecular complexity index is 1290. The zero-order valence-corrected chi connectivity index (χ0v) is 26.8. The Kier molecular flexibility index (Phi) is 11.4. The van der Waals surface area contributed by atoms with Gasteiger partial charge in [-0.05, 0) is 51.7 Å².